The lowest BCUT2D eigenvalue weighted by atomic mass is 10.3. The summed E-state index contributed by atoms with van der Waals surface area (Å²) in [5, 5.41) is 14.8. The number of rotatable bonds is 5. The van der Waals surface area contributed by atoms with Gasteiger partial charge in [-0.2, -0.15) is 10.1 Å². The number of aromatic nitrogens is 3. The first kappa shape index (κ1) is 14.6. The Morgan fingerprint density at radius 1 is 1.09 bits per heavy atom. The Kier molecular flexibility index (Phi) is 4.41. The second-order valence-corrected chi connectivity index (χ2v) is 5.13. The van der Waals surface area contributed by atoms with E-state index in [9.17, 15) is 0 Å². The van der Waals surface area contributed by atoms with E-state index in [4.69, 9.17) is 27.6 Å². The number of hydrogen-bond donors (Lipinski definition) is 2. The summed E-state index contributed by atoms with van der Waals surface area (Å²) in [6.45, 7) is 0.463. The van der Waals surface area contributed by atoms with Crippen molar-refractivity contribution < 1.29 is 4.42 Å². The summed E-state index contributed by atoms with van der Waals surface area (Å²) in [5.41, 5.74) is 0.573. The molecule has 0 fully saturated rings. The lowest BCUT2D eigenvalue weighted by molar-refractivity contribution is 0.517. The molecule has 0 aliphatic carbocycles. The van der Waals surface area contributed by atoms with Gasteiger partial charge in [0.1, 0.15) is 5.76 Å². The zero-order chi connectivity index (χ0) is 15.4. The largest absolute Gasteiger partial charge is 0.467 e. The van der Waals surface area contributed by atoms with Crippen molar-refractivity contribution in [2.24, 2.45) is 0 Å². The molecule has 0 aliphatic rings. The minimum absolute atomic E-state index is 0.365. The van der Waals surface area contributed by atoms with Gasteiger partial charge in [-0.3, -0.25) is 0 Å². The van der Waals surface area contributed by atoms with E-state index in [2.05, 4.69) is 25.8 Å². The Morgan fingerprint density at radius 3 is 2.64 bits per heavy atom. The third-order valence-electron chi connectivity index (χ3n) is 2.78. The van der Waals surface area contributed by atoms with Crippen molar-refractivity contribution in [2.75, 3.05) is 10.6 Å². The predicted octanol–water partition coefficient (Wildman–Crippen LogP) is 4.13. The molecule has 1 aromatic carbocycles. The van der Waals surface area contributed by atoms with Crippen molar-refractivity contribution in [3.05, 3.63) is 58.6 Å². The second-order valence-electron chi connectivity index (χ2n) is 4.32. The molecule has 22 heavy (non-hydrogen) atoms. The summed E-state index contributed by atoms with van der Waals surface area (Å²) in [6.07, 6.45) is 3.09. The van der Waals surface area contributed by atoms with Gasteiger partial charge in [-0.15, -0.1) is 5.10 Å². The van der Waals surface area contributed by atoms with Gasteiger partial charge in [0.15, 0.2) is 5.82 Å². The molecule has 0 aliphatic heterocycles. The SMILES string of the molecule is Clc1cccc(Cl)c1Nc1cnnc(NCc2ccco2)n1. The molecule has 2 heterocycles. The smallest absolute Gasteiger partial charge is 0.245 e. The molecule has 0 atom stereocenters. The molecule has 0 saturated heterocycles. The molecule has 0 unspecified atom stereocenters. The van der Waals surface area contributed by atoms with Crippen LogP contribution in [0, 0.1) is 0 Å². The molecule has 0 radical (unpaired) electrons. The fourth-order valence-corrected chi connectivity index (χ4v) is 2.26. The van der Waals surface area contributed by atoms with Crippen LogP contribution in [0.25, 0.3) is 0 Å². The molecule has 3 rings (SSSR count). The first-order valence-corrected chi connectivity index (χ1v) is 7.15. The number of benzene rings is 1. The van der Waals surface area contributed by atoms with E-state index in [0.717, 1.165) is 5.76 Å². The highest BCUT2D eigenvalue weighted by Crippen LogP contribution is 2.31. The van der Waals surface area contributed by atoms with Crippen molar-refractivity contribution in [3.8, 4) is 0 Å². The highest BCUT2D eigenvalue weighted by atomic mass is 35.5. The number of nitrogens with one attached hydrogen (secondary N) is 2. The van der Waals surface area contributed by atoms with Crippen LogP contribution in [-0.4, -0.2) is 15.2 Å². The second kappa shape index (κ2) is 6.64. The van der Waals surface area contributed by atoms with Crippen LogP contribution in [0.4, 0.5) is 17.5 Å². The quantitative estimate of drug-likeness (QED) is 0.730. The average Bonchev–Trinajstić information content (AvgIpc) is 3.03. The number of hydrogen-bond acceptors (Lipinski definition) is 6. The van der Waals surface area contributed by atoms with E-state index in [1.807, 2.05) is 12.1 Å². The summed E-state index contributed by atoms with van der Waals surface area (Å²) >= 11 is 12.2. The fraction of sp³-hybridized carbons (Fsp3) is 0.0714. The Morgan fingerprint density at radius 2 is 1.91 bits per heavy atom. The number of furan rings is 1. The van der Waals surface area contributed by atoms with E-state index >= 15 is 0 Å². The van der Waals surface area contributed by atoms with Crippen molar-refractivity contribution in [3.63, 3.8) is 0 Å². The maximum atomic E-state index is 6.11. The lowest BCUT2D eigenvalue weighted by Gasteiger charge is -2.10. The predicted molar refractivity (Wildman–Crippen MR) is 85.6 cm³/mol. The Labute approximate surface area is 136 Å². The van der Waals surface area contributed by atoms with Gasteiger partial charge in [0.25, 0.3) is 0 Å². The van der Waals surface area contributed by atoms with E-state index in [-0.39, 0.29) is 0 Å². The van der Waals surface area contributed by atoms with Gasteiger partial charge >= 0.3 is 0 Å². The van der Waals surface area contributed by atoms with Gasteiger partial charge in [0, 0.05) is 0 Å². The van der Waals surface area contributed by atoms with Crippen molar-refractivity contribution in [1.82, 2.24) is 15.2 Å². The topological polar surface area (TPSA) is 75.9 Å². The zero-order valence-electron chi connectivity index (χ0n) is 11.3. The maximum absolute atomic E-state index is 6.11. The average molecular weight is 336 g/mol. The maximum Gasteiger partial charge on any atom is 0.245 e. The molecule has 0 amide bonds. The Bertz CT molecular complexity index is 743. The van der Waals surface area contributed by atoms with Crippen molar-refractivity contribution in [2.45, 2.75) is 6.54 Å². The summed E-state index contributed by atoms with van der Waals surface area (Å²) in [7, 11) is 0. The first-order chi connectivity index (χ1) is 10.7. The summed E-state index contributed by atoms with van der Waals surface area (Å²) in [4.78, 5) is 4.29. The van der Waals surface area contributed by atoms with Crippen LogP contribution >= 0.6 is 23.2 Å². The fourth-order valence-electron chi connectivity index (χ4n) is 1.76. The van der Waals surface area contributed by atoms with Crippen molar-refractivity contribution >= 4 is 40.7 Å². The van der Waals surface area contributed by atoms with Crippen molar-refractivity contribution in [1.29, 1.82) is 0 Å². The summed E-state index contributed by atoms with van der Waals surface area (Å²) < 4.78 is 5.22. The number of para-hydroxylation sites is 1. The molecule has 0 bridgehead atoms. The third kappa shape index (κ3) is 3.47. The van der Waals surface area contributed by atoms with E-state index < -0.39 is 0 Å². The summed E-state index contributed by atoms with van der Waals surface area (Å²) in [5.74, 6) is 1.62. The molecule has 0 saturated carbocycles. The molecule has 112 valence electrons. The molecular formula is C14H11Cl2N5O. The molecule has 0 spiro atoms. The minimum atomic E-state index is 0.365. The molecule has 3 aromatic rings. The first-order valence-electron chi connectivity index (χ1n) is 6.39. The minimum Gasteiger partial charge on any atom is -0.467 e. The van der Waals surface area contributed by atoms with Crippen LogP contribution in [0.5, 0.6) is 0 Å². The molecular weight excluding hydrogens is 325 g/mol. The molecule has 2 aromatic heterocycles. The van der Waals surface area contributed by atoms with Gasteiger partial charge < -0.3 is 15.1 Å². The van der Waals surface area contributed by atoms with Crippen LogP contribution in [0.3, 0.4) is 0 Å². The van der Waals surface area contributed by atoms with Gasteiger partial charge in [0.05, 0.1) is 34.7 Å². The van der Waals surface area contributed by atoms with Gasteiger partial charge in [-0.25, -0.2) is 0 Å². The van der Waals surface area contributed by atoms with Gasteiger partial charge in [-0.05, 0) is 24.3 Å². The Hall–Kier alpha value is -2.31. The highest BCUT2D eigenvalue weighted by molar-refractivity contribution is 6.39. The highest BCUT2D eigenvalue weighted by Gasteiger charge is 2.08. The monoisotopic (exact) mass is 335 g/mol. The normalized spacial score (nSPS) is 10.5. The van der Waals surface area contributed by atoms with E-state index in [1.165, 1.54) is 6.20 Å². The van der Waals surface area contributed by atoms with E-state index in [1.54, 1.807) is 24.5 Å². The third-order valence-corrected chi connectivity index (χ3v) is 3.41. The molecule has 8 heteroatoms. The van der Waals surface area contributed by atoms with Crippen LogP contribution < -0.4 is 10.6 Å². The zero-order valence-corrected chi connectivity index (χ0v) is 12.8. The van der Waals surface area contributed by atoms with Crippen LogP contribution in [0.15, 0.2) is 47.2 Å². The lowest BCUT2D eigenvalue weighted by Crippen LogP contribution is -2.06. The summed E-state index contributed by atoms with van der Waals surface area (Å²) in [6, 6.07) is 8.91. The van der Waals surface area contributed by atoms with Crippen LogP contribution in [0.2, 0.25) is 10.0 Å². The standard InChI is InChI=1S/C14H11Cl2N5O/c15-10-4-1-5-11(16)13(10)19-12-8-18-21-14(20-12)17-7-9-3-2-6-22-9/h1-6,8H,7H2,(H2,17,19,20,21). The van der Waals surface area contributed by atoms with E-state index in [0.29, 0.717) is 34.0 Å². The number of anilines is 3. The molecule has 6 nitrogen and oxygen atoms in total. The van der Waals surface area contributed by atoms with Crippen LogP contribution in [0.1, 0.15) is 5.76 Å². The van der Waals surface area contributed by atoms with Crippen LogP contribution in [-0.2, 0) is 6.54 Å². The molecule has 2 N–H and O–H groups in total. The van der Waals surface area contributed by atoms with Gasteiger partial charge in [0.2, 0.25) is 5.95 Å². The van der Waals surface area contributed by atoms with Gasteiger partial charge in [-0.1, -0.05) is 29.3 Å². The number of halogens is 2. The Balaban J connectivity index is 1.73. The number of nitrogens with zero attached hydrogens (tertiary/aromatic N) is 3.